The van der Waals surface area contributed by atoms with E-state index in [2.05, 4.69) is 13.0 Å². The minimum atomic E-state index is 0.647. The molecule has 1 aliphatic heterocycles. The Morgan fingerprint density at radius 2 is 2.00 bits per heavy atom. The smallest absolute Gasteiger partial charge is 0.0933 e. The van der Waals surface area contributed by atoms with E-state index in [1.54, 1.807) is 0 Å². The van der Waals surface area contributed by atoms with E-state index in [0.29, 0.717) is 6.61 Å². The van der Waals surface area contributed by atoms with Crippen molar-refractivity contribution in [1.82, 2.24) is 0 Å². The zero-order chi connectivity index (χ0) is 9.97. The zero-order valence-corrected chi connectivity index (χ0v) is 8.79. The number of hydrogen-bond acceptors (Lipinski definition) is 2. The number of halogens is 1. The van der Waals surface area contributed by atoms with Gasteiger partial charge in [-0.25, -0.2) is 5.06 Å². The first-order chi connectivity index (χ1) is 6.75. The number of benzene rings is 1. The fourth-order valence-electron chi connectivity index (χ4n) is 1.38. The molecule has 14 heavy (non-hydrogen) atoms. The van der Waals surface area contributed by atoms with Crippen LogP contribution < -0.4 is 5.06 Å². The predicted molar refractivity (Wildman–Crippen MR) is 58.5 cm³/mol. The second kappa shape index (κ2) is 4.03. The lowest BCUT2D eigenvalue weighted by molar-refractivity contribution is 0.129. The van der Waals surface area contributed by atoms with Crippen molar-refractivity contribution < 1.29 is 4.84 Å². The molecular formula is C11H12ClNO. The largest absolute Gasteiger partial charge is 0.269 e. The van der Waals surface area contributed by atoms with Gasteiger partial charge in [0.2, 0.25) is 0 Å². The summed E-state index contributed by atoms with van der Waals surface area (Å²) in [6.45, 7) is 3.57. The Kier molecular flexibility index (Phi) is 2.75. The lowest BCUT2D eigenvalue weighted by atomic mass is 10.2. The fourth-order valence-corrected chi connectivity index (χ4v) is 1.51. The third-order valence-electron chi connectivity index (χ3n) is 2.17. The molecule has 0 bridgehead atoms. The Bertz CT molecular complexity index is 345. The Morgan fingerprint density at radius 1 is 1.29 bits per heavy atom. The highest BCUT2D eigenvalue weighted by Crippen LogP contribution is 2.20. The molecule has 1 heterocycles. The van der Waals surface area contributed by atoms with E-state index in [9.17, 15) is 0 Å². The number of rotatable bonds is 1. The van der Waals surface area contributed by atoms with Gasteiger partial charge in [-0.2, -0.15) is 0 Å². The predicted octanol–water partition coefficient (Wildman–Crippen LogP) is 3.04. The van der Waals surface area contributed by atoms with E-state index in [0.717, 1.165) is 17.3 Å². The minimum absolute atomic E-state index is 0.647. The van der Waals surface area contributed by atoms with Gasteiger partial charge in [-0.1, -0.05) is 23.3 Å². The van der Waals surface area contributed by atoms with Crippen molar-refractivity contribution in [2.75, 3.05) is 18.2 Å². The monoisotopic (exact) mass is 209 g/mol. The molecule has 0 saturated carbocycles. The lowest BCUT2D eigenvalue weighted by Gasteiger charge is -2.27. The molecule has 1 aromatic carbocycles. The van der Waals surface area contributed by atoms with Crippen LogP contribution in [0.25, 0.3) is 0 Å². The molecule has 1 aromatic rings. The topological polar surface area (TPSA) is 12.5 Å². The molecule has 1 aliphatic rings. The van der Waals surface area contributed by atoms with Gasteiger partial charge in [-0.3, -0.25) is 4.84 Å². The summed E-state index contributed by atoms with van der Waals surface area (Å²) < 4.78 is 0. The van der Waals surface area contributed by atoms with Crippen LogP contribution in [0.4, 0.5) is 5.69 Å². The van der Waals surface area contributed by atoms with Crippen molar-refractivity contribution in [3.05, 3.63) is 40.9 Å². The number of hydrogen-bond donors (Lipinski definition) is 0. The molecule has 0 fully saturated rings. The standard InChI is InChI=1S/C11H12ClNO/c1-9-6-7-14-13(8-9)11-4-2-10(12)3-5-11/h2-6H,7-8H2,1H3. The van der Waals surface area contributed by atoms with Gasteiger partial charge in [0.05, 0.1) is 18.8 Å². The maximum Gasteiger partial charge on any atom is 0.0933 e. The summed E-state index contributed by atoms with van der Waals surface area (Å²) in [6.07, 6.45) is 2.09. The van der Waals surface area contributed by atoms with E-state index in [4.69, 9.17) is 16.4 Å². The second-order valence-electron chi connectivity index (χ2n) is 3.36. The normalized spacial score (nSPS) is 16.7. The molecule has 74 valence electrons. The van der Waals surface area contributed by atoms with Gasteiger partial charge < -0.3 is 0 Å². The van der Waals surface area contributed by atoms with Gasteiger partial charge in [0.15, 0.2) is 0 Å². The van der Waals surface area contributed by atoms with Crippen molar-refractivity contribution >= 4 is 17.3 Å². The van der Waals surface area contributed by atoms with Crippen LogP contribution >= 0.6 is 11.6 Å². The second-order valence-corrected chi connectivity index (χ2v) is 3.80. The molecule has 0 spiro atoms. The number of hydroxylamine groups is 1. The van der Waals surface area contributed by atoms with Gasteiger partial charge in [0.25, 0.3) is 0 Å². The summed E-state index contributed by atoms with van der Waals surface area (Å²) in [6, 6.07) is 7.66. The van der Waals surface area contributed by atoms with Crippen molar-refractivity contribution in [2.24, 2.45) is 0 Å². The van der Waals surface area contributed by atoms with E-state index < -0.39 is 0 Å². The zero-order valence-electron chi connectivity index (χ0n) is 8.03. The molecular weight excluding hydrogens is 198 g/mol. The van der Waals surface area contributed by atoms with Crippen LogP contribution in [0.3, 0.4) is 0 Å². The van der Waals surface area contributed by atoms with Crippen LogP contribution in [-0.4, -0.2) is 13.2 Å². The summed E-state index contributed by atoms with van der Waals surface area (Å²) in [5.41, 5.74) is 2.37. The van der Waals surface area contributed by atoms with E-state index in [1.807, 2.05) is 29.3 Å². The van der Waals surface area contributed by atoms with Crippen molar-refractivity contribution in [1.29, 1.82) is 0 Å². The molecule has 0 radical (unpaired) electrons. The van der Waals surface area contributed by atoms with Crippen LogP contribution in [0.15, 0.2) is 35.9 Å². The first-order valence-electron chi connectivity index (χ1n) is 4.57. The molecule has 0 aromatic heterocycles. The average molecular weight is 210 g/mol. The van der Waals surface area contributed by atoms with Gasteiger partial charge in [0, 0.05) is 5.02 Å². The molecule has 0 saturated heterocycles. The van der Waals surface area contributed by atoms with Crippen molar-refractivity contribution in [3.8, 4) is 0 Å². The molecule has 0 aliphatic carbocycles. The minimum Gasteiger partial charge on any atom is -0.269 e. The molecule has 0 amide bonds. The first kappa shape index (κ1) is 9.56. The summed E-state index contributed by atoms with van der Waals surface area (Å²) in [4.78, 5) is 5.49. The fraction of sp³-hybridized carbons (Fsp3) is 0.273. The summed E-state index contributed by atoms with van der Waals surface area (Å²) in [5, 5.41) is 2.63. The van der Waals surface area contributed by atoms with Gasteiger partial charge >= 0.3 is 0 Å². The summed E-state index contributed by atoms with van der Waals surface area (Å²) in [7, 11) is 0. The maximum absolute atomic E-state index is 5.81. The third-order valence-corrected chi connectivity index (χ3v) is 2.42. The van der Waals surface area contributed by atoms with E-state index >= 15 is 0 Å². The van der Waals surface area contributed by atoms with Crippen molar-refractivity contribution in [2.45, 2.75) is 6.92 Å². The number of anilines is 1. The third kappa shape index (κ3) is 2.08. The van der Waals surface area contributed by atoms with Crippen LogP contribution in [0.5, 0.6) is 0 Å². The molecule has 2 rings (SSSR count). The number of nitrogens with zero attached hydrogens (tertiary/aromatic N) is 1. The molecule has 2 nitrogen and oxygen atoms in total. The quantitative estimate of drug-likeness (QED) is 0.660. The molecule has 0 N–H and O–H groups in total. The Morgan fingerprint density at radius 3 is 2.64 bits per heavy atom. The highest BCUT2D eigenvalue weighted by molar-refractivity contribution is 6.30. The van der Waals surface area contributed by atoms with E-state index in [1.165, 1.54) is 5.57 Å². The highest BCUT2D eigenvalue weighted by Gasteiger charge is 2.10. The molecule has 0 atom stereocenters. The van der Waals surface area contributed by atoms with Crippen LogP contribution in [0.1, 0.15) is 6.92 Å². The maximum atomic E-state index is 5.81. The van der Waals surface area contributed by atoms with Gasteiger partial charge in [0.1, 0.15) is 0 Å². The summed E-state index contributed by atoms with van der Waals surface area (Å²) >= 11 is 5.81. The SMILES string of the molecule is CC1=CCON(c2ccc(Cl)cc2)C1. The average Bonchev–Trinajstić information content (AvgIpc) is 2.19. The summed E-state index contributed by atoms with van der Waals surface area (Å²) in [5.74, 6) is 0. The first-order valence-corrected chi connectivity index (χ1v) is 4.95. The Hall–Kier alpha value is -0.990. The van der Waals surface area contributed by atoms with Crippen molar-refractivity contribution in [3.63, 3.8) is 0 Å². The Labute approximate surface area is 88.7 Å². The van der Waals surface area contributed by atoms with Crippen LogP contribution in [0, 0.1) is 0 Å². The van der Waals surface area contributed by atoms with E-state index in [-0.39, 0.29) is 0 Å². The highest BCUT2D eigenvalue weighted by atomic mass is 35.5. The van der Waals surface area contributed by atoms with Gasteiger partial charge in [-0.15, -0.1) is 0 Å². The van der Waals surface area contributed by atoms with Crippen LogP contribution in [0.2, 0.25) is 5.02 Å². The lowest BCUT2D eigenvalue weighted by Crippen LogP contribution is -2.29. The van der Waals surface area contributed by atoms with Crippen LogP contribution in [-0.2, 0) is 4.84 Å². The molecule has 0 unspecified atom stereocenters. The Balaban J connectivity index is 2.16. The molecule has 3 heteroatoms. The van der Waals surface area contributed by atoms with Gasteiger partial charge in [-0.05, 0) is 31.2 Å².